The molecule has 0 bridgehead atoms. The summed E-state index contributed by atoms with van der Waals surface area (Å²) < 4.78 is 6.12. The highest BCUT2D eigenvalue weighted by molar-refractivity contribution is 5.88. The van der Waals surface area contributed by atoms with E-state index in [2.05, 4.69) is 13.8 Å². The van der Waals surface area contributed by atoms with Gasteiger partial charge in [0, 0.05) is 11.8 Å². The van der Waals surface area contributed by atoms with E-state index in [1.54, 1.807) is 0 Å². The van der Waals surface area contributed by atoms with Crippen LogP contribution in [0.3, 0.4) is 0 Å². The Morgan fingerprint density at radius 1 is 1.00 bits per heavy atom. The zero-order chi connectivity index (χ0) is 14.5. The van der Waals surface area contributed by atoms with Gasteiger partial charge in [0.2, 0.25) is 0 Å². The molecule has 7 atom stereocenters. The molecule has 0 aromatic rings. The van der Waals surface area contributed by atoms with Gasteiger partial charge in [-0.2, -0.15) is 0 Å². The maximum atomic E-state index is 12.1. The Bertz CT molecular complexity index is 514. The fraction of sp³-hybridized carbons (Fsp3) is 0.947. The lowest BCUT2D eigenvalue weighted by molar-refractivity contribution is -0.129. The molecule has 4 aliphatic carbocycles. The van der Waals surface area contributed by atoms with Gasteiger partial charge in [-0.1, -0.05) is 20.3 Å². The Kier molecular flexibility index (Phi) is 2.34. The van der Waals surface area contributed by atoms with Crippen molar-refractivity contribution in [3.8, 4) is 0 Å². The quantitative estimate of drug-likeness (QED) is 0.628. The van der Waals surface area contributed by atoms with E-state index in [0.29, 0.717) is 16.6 Å². The number of Topliss-reactive ketones (excluding diaryl/α,β-unsaturated/α-hetero) is 1. The van der Waals surface area contributed by atoms with E-state index in [4.69, 9.17) is 4.74 Å². The zero-order valence-corrected chi connectivity index (χ0v) is 13.5. The average molecular weight is 288 g/mol. The fourth-order valence-electron chi connectivity index (χ4n) is 7.49. The summed E-state index contributed by atoms with van der Waals surface area (Å²) in [5, 5.41) is 0. The van der Waals surface area contributed by atoms with Crippen LogP contribution in [0, 0.1) is 28.6 Å². The monoisotopic (exact) mass is 288 g/mol. The highest BCUT2D eigenvalue weighted by atomic mass is 16.6. The van der Waals surface area contributed by atoms with Crippen molar-refractivity contribution in [2.75, 3.05) is 0 Å². The van der Waals surface area contributed by atoms with E-state index in [1.165, 1.54) is 38.5 Å². The third kappa shape index (κ3) is 1.37. The van der Waals surface area contributed by atoms with Gasteiger partial charge in [0.1, 0.15) is 11.7 Å². The largest absolute Gasteiger partial charge is 0.357 e. The van der Waals surface area contributed by atoms with E-state index >= 15 is 0 Å². The number of hydrogen-bond acceptors (Lipinski definition) is 2. The summed E-state index contributed by atoms with van der Waals surface area (Å²) in [7, 11) is 0. The molecular formula is C19H28O2. The Hall–Kier alpha value is -0.370. The number of ketones is 1. The second kappa shape index (κ2) is 3.75. The molecule has 1 heterocycles. The van der Waals surface area contributed by atoms with Crippen LogP contribution in [0.15, 0.2) is 0 Å². The van der Waals surface area contributed by atoms with E-state index in [1.807, 2.05) is 0 Å². The normalized spacial score (nSPS) is 61.5. The van der Waals surface area contributed by atoms with Gasteiger partial charge < -0.3 is 4.74 Å². The minimum Gasteiger partial charge on any atom is -0.357 e. The molecule has 0 radical (unpaired) electrons. The Morgan fingerprint density at radius 3 is 2.71 bits per heavy atom. The Morgan fingerprint density at radius 2 is 1.86 bits per heavy atom. The molecule has 5 fully saturated rings. The highest BCUT2D eigenvalue weighted by Gasteiger charge is 2.76. The van der Waals surface area contributed by atoms with Gasteiger partial charge in [-0.05, 0) is 68.1 Å². The number of rotatable bonds is 0. The molecular weight excluding hydrogens is 260 g/mol. The Labute approximate surface area is 128 Å². The molecule has 2 unspecified atom stereocenters. The van der Waals surface area contributed by atoms with Gasteiger partial charge in [0.25, 0.3) is 0 Å². The molecule has 116 valence electrons. The first-order valence-electron chi connectivity index (χ1n) is 9.21. The number of carbonyl (C=O) groups is 1. The van der Waals surface area contributed by atoms with Crippen LogP contribution < -0.4 is 0 Å². The predicted molar refractivity (Wildman–Crippen MR) is 80.8 cm³/mol. The van der Waals surface area contributed by atoms with Crippen LogP contribution in [0.25, 0.3) is 0 Å². The number of epoxide rings is 1. The molecule has 0 aromatic heterocycles. The van der Waals surface area contributed by atoms with Crippen LogP contribution in [0.4, 0.5) is 0 Å². The van der Waals surface area contributed by atoms with Crippen molar-refractivity contribution in [1.29, 1.82) is 0 Å². The number of hydrogen-bond donors (Lipinski definition) is 0. The van der Waals surface area contributed by atoms with Crippen molar-refractivity contribution in [2.45, 2.75) is 83.3 Å². The molecule has 0 N–H and O–H groups in total. The van der Waals surface area contributed by atoms with Gasteiger partial charge in [0.05, 0.1) is 0 Å². The van der Waals surface area contributed by atoms with Crippen LogP contribution in [0.5, 0.6) is 0 Å². The van der Waals surface area contributed by atoms with Gasteiger partial charge >= 0.3 is 0 Å². The molecule has 1 aliphatic heterocycles. The third-order valence-electron chi connectivity index (χ3n) is 8.73. The van der Waals surface area contributed by atoms with E-state index in [-0.39, 0.29) is 11.7 Å². The minimum absolute atomic E-state index is 0.0194. The average Bonchev–Trinajstić information content (AvgIpc) is 3.08. The van der Waals surface area contributed by atoms with Gasteiger partial charge in [0.15, 0.2) is 5.78 Å². The number of carbonyl (C=O) groups excluding carboxylic acids is 1. The molecule has 0 amide bonds. The van der Waals surface area contributed by atoms with Crippen molar-refractivity contribution in [3.05, 3.63) is 0 Å². The van der Waals surface area contributed by atoms with Crippen molar-refractivity contribution in [3.63, 3.8) is 0 Å². The molecule has 1 saturated heterocycles. The topological polar surface area (TPSA) is 29.6 Å². The summed E-state index contributed by atoms with van der Waals surface area (Å²) >= 11 is 0. The van der Waals surface area contributed by atoms with Crippen molar-refractivity contribution < 1.29 is 9.53 Å². The lowest BCUT2D eigenvalue weighted by atomic mass is 9.45. The molecule has 5 aliphatic rings. The maximum Gasteiger partial charge on any atom is 0.164 e. The predicted octanol–water partition coefficient (Wildman–Crippen LogP) is 4.12. The summed E-state index contributed by atoms with van der Waals surface area (Å²) in [6, 6.07) is 0. The zero-order valence-electron chi connectivity index (χ0n) is 13.5. The van der Waals surface area contributed by atoms with Crippen LogP contribution in [0.2, 0.25) is 0 Å². The van der Waals surface area contributed by atoms with Crippen molar-refractivity contribution >= 4 is 5.78 Å². The van der Waals surface area contributed by atoms with Gasteiger partial charge in [-0.25, -0.2) is 0 Å². The third-order valence-corrected chi connectivity index (χ3v) is 8.73. The second-order valence-electron chi connectivity index (χ2n) is 9.27. The standard InChI is InChI=1S/C19H28O2/c1-17-8-3-4-13(17)12-5-11-19-16(21-19)15(20)7-10-18(19,2)14(12)6-9-17/h12-14,16H,3-11H2,1-2H3/t12-,13-,14-,16?,17-,18+,19?/m0/s1. The maximum absolute atomic E-state index is 12.1. The van der Waals surface area contributed by atoms with Crippen LogP contribution in [-0.4, -0.2) is 17.5 Å². The van der Waals surface area contributed by atoms with E-state index in [0.717, 1.165) is 37.0 Å². The van der Waals surface area contributed by atoms with Crippen molar-refractivity contribution in [2.24, 2.45) is 28.6 Å². The summed E-state index contributed by atoms with van der Waals surface area (Å²) in [5.41, 5.74) is 0.893. The molecule has 0 aromatic carbocycles. The highest BCUT2D eigenvalue weighted by Crippen LogP contribution is 2.72. The first-order valence-corrected chi connectivity index (χ1v) is 9.21. The summed E-state index contributed by atoms with van der Waals surface area (Å²) in [6.45, 7) is 5.04. The summed E-state index contributed by atoms with van der Waals surface area (Å²) in [6.07, 6.45) is 11.5. The minimum atomic E-state index is -0.0319. The van der Waals surface area contributed by atoms with Crippen LogP contribution in [-0.2, 0) is 9.53 Å². The smallest absolute Gasteiger partial charge is 0.164 e. The number of ether oxygens (including phenoxy) is 1. The molecule has 5 rings (SSSR count). The van der Waals surface area contributed by atoms with E-state index < -0.39 is 0 Å². The summed E-state index contributed by atoms with van der Waals surface area (Å²) in [4.78, 5) is 12.1. The van der Waals surface area contributed by atoms with Crippen LogP contribution in [0.1, 0.15) is 71.6 Å². The van der Waals surface area contributed by atoms with Gasteiger partial charge in [-0.15, -0.1) is 0 Å². The second-order valence-corrected chi connectivity index (χ2v) is 9.27. The number of fused-ring (bicyclic) bond motifs is 4. The van der Waals surface area contributed by atoms with Crippen LogP contribution >= 0.6 is 0 Å². The fourth-order valence-corrected chi connectivity index (χ4v) is 7.49. The first kappa shape index (κ1) is 13.1. The first-order chi connectivity index (χ1) is 10.0. The molecule has 2 nitrogen and oxygen atoms in total. The molecule has 2 heteroatoms. The summed E-state index contributed by atoms with van der Waals surface area (Å²) in [5.74, 6) is 3.09. The van der Waals surface area contributed by atoms with Crippen molar-refractivity contribution in [1.82, 2.24) is 0 Å². The van der Waals surface area contributed by atoms with Gasteiger partial charge in [-0.3, -0.25) is 4.79 Å². The SMILES string of the molecule is C[C@@]12CCC[C@H]1[C@@H]1CCC34OC3C(=O)CC[C@]4(C)[C@H]1CC2. The molecule has 1 spiro atoms. The lowest BCUT2D eigenvalue weighted by Crippen LogP contribution is -2.57. The Balaban J connectivity index is 1.52. The van der Waals surface area contributed by atoms with E-state index in [9.17, 15) is 4.79 Å². The lowest BCUT2D eigenvalue weighted by Gasteiger charge is -2.58. The molecule has 4 saturated carbocycles. The molecule has 21 heavy (non-hydrogen) atoms.